The van der Waals surface area contributed by atoms with Crippen molar-refractivity contribution < 1.29 is 19.1 Å². The first-order valence-electron chi connectivity index (χ1n) is 10.2. The third-order valence-corrected chi connectivity index (χ3v) is 5.01. The van der Waals surface area contributed by atoms with Gasteiger partial charge in [0.15, 0.2) is 11.9 Å². The number of ether oxygens (including phenoxy) is 1. The summed E-state index contributed by atoms with van der Waals surface area (Å²) in [5.74, 6) is -1.09. The van der Waals surface area contributed by atoms with E-state index in [1.165, 1.54) is 13.8 Å². The van der Waals surface area contributed by atoms with E-state index in [2.05, 4.69) is 5.32 Å². The molecule has 0 aliphatic carbocycles. The van der Waals surface area contributed by atoms with Crippen LogP contribution in [0.2, 0.25) is 0 Å². The highest BCUT2D eigenvalue weighted by molar-refractivity contribution is 5.97. The summed E-state index contributed by atoms with van der Waals surface area (Å²) >= 11 is 0. The van der Waals surface area contributed by atoms with Crippen molar-refractivity contribution in [3.8, 4) is 0 Å². The molecular formula is C26H25NO4. The van der Waals surface area contributed by atoms with E-state index in [9.17, 15) is 14.4 Å². The molecule has 0 saturated heterocycles. The van der Waals surface area contributed by atoms with Gasteiger partial charge in [-0.1, -0.05) is 60.7 Å². The molecule has 5 nitrogen and oxygen atoms in total. The Labute approximate surface area is 182 Å². The number of anilines is 1. The van der Waals surface area contributed by atoms with Crippen LogP contribution in [0.25, 0.3) is 0 Å². The fraction of sp³-hybridized carbons (Fsp3) is 0.192. The number of hydrogen-bond donors (Lipinski definition) is 1. The van der Waals surface area contributed by atoms with Crippen LogP contribution in [0.1, 0.15) is 47.7 Å². The smallest absolute Gasteiger partial charge is 0.307 e. The van der Waals surface area contributed by atoms with Crippen LogP contribution in [0.4, 0.5) is 5.69 Å². The molecule has 0 aliphatic heterocycles. The SMILES string of the molecule is CC(=O)c1ccc(NC(=O)[C@@H](C)OC(=O)CC(c2ccccc2)c2ccccc2)cc1. The van der Waals surface area contributed by atoms with E-state index in [-0.39, 0.29) is 18.1 Å². The largest absolute Gasteiger partial charge is 0.453 e. The van der Waals surface area contributed by atoms with Crippen molar-refractivity contribution in [2.75, 3.05) is 5.32 Å². The van der Waals surface area contributed by atoms with E-state index in [4.69, 9.17) is 4.74 Å². The lowest BCUT2D eigenvalue weighted by atomic mass is 9.88. The Balaban J connectivity index is 1.63. The lowest BCUT2D eigenvalue weighted by molar-refractivity contribution is -0.153. The minimum Gasteiger partial charge on any atom is -0.453 e. The molecule has 1 amide bonds. The molecule has 1 atom stereocenters. The van der Waals surface area contributed by atoms with Crippen molar-refractivity contribution in [3.63, 3.8) is 0 Å². The van der Waals surface area contributed by atoms with Gasteiger partial charge in [-0.3, -0.25) is 14.4 Å². The molecule has 1 N–H and O–H groups in total. The molecule has 3 rings (SSSR count). The Morgan fingerprint density at radius 1 is 0.806 bits per heavy atom. The average molecular weight is 415 g/mol. The van der Waals surface area contributed by atoms with Gasteiger partial charge in [0.25, 0.3) is 5.91 Å². The first-order chi connectivity index (χ1) is 14.9. The van der Waals surface area contributed by atoms with Crippen molar-refractivity contribution in [1.29, 1.82) is 0 Å². The Morgan fingerprint density at radius 3 is 1.81 bits per heavy atom. The van der Waals surface area contributed by atoms with Gasteiger partial charge in [-0.25, -0.2) is 0 Å². The Bertz CT molecular complexity index is 991. The minimum absolute atomic E-state index is 0.0495. The van der Waals surface area contributed by atoms with Gasteiger partial charge >= 0.3 is 5.97 Å². The molecular weight excluding hydrogens is 390 g/mol. The van der Waals surface area contributed by atoms with Crippen molar-refractivity contribution in [3.05, 3.63) is 102 Å². The normalized spacial score (nSPS) is 11.6. The summed E-state index contributed by atoms with van der Waals surface area (Å²) in [6.45, 7) is 3.02. The second-order valence-corrected chi connectivity index (χ2v) is 7.33. The van der Waals surface area contributed by atoms with Crippen molar-refractivity contribution in [1.82, 2.24) is 0 Å². The van der Waals surface area contributed by atoms with Crippen LogP contribution in [-0.2, 0) is 14.3 Å². The first kappa shape index (κ1) is 22.0. The maximum atomic E-state index is 12.6. The molecule has 3 aromatic carbocycles. The van der Waals surface area contributed by atoms with Crippen molar-refractivity contribution >= 4 is 23.3 Å². The molecule has 0 radical (unpaired) electrons. The zero-order valence-electron chi connectivity index (χ0n) is 17.6. The van der Waals surface area contributed by atoms with Gasteiger partial charge in [0.1, 0.15) is 0 Å². The topological polar surface area (TPSA) is 72.5 Å². The lowest BCUT2D eigenvalue weighted by Gasteiger charge is -2.19. The Kier molecular flexibility index (Phi) is 7.33. The standard InChI is InChI=1S/C26H25NO4/c1-18(28)20-13-15-23(16-14-20)27-26(30)19(2)31-25(29)17-24(21-9-5-3-6-10-21)22-11-7-4-8-12-22/h3-16,19,24H,17H2,1-2H3,(H,27,30)/t19-/m1/s1. The van der Waals surface area contributed by atoms with E-state index in [0.717, 1.165) is 11.1 Å². The number of amides is 1. The number of hydrogen-bond acceptors (Lipinski definition) is 4. The van der Waals surface area contributed by atoms with Crippen LogP contribution in [0.5, 0.6) is 0 Å². The maximum absolute atomic E-state index is 12.6. The van der Waals surface area contributed by atoms with Crippen LogP contribution in [0.3, 0.4) is 0 Å². The number of carbonyl (C=O) groups excluding carboxylic acids is 3. The number of benzene rings is 3. The summed E-state index contributed by atoms with van der Waals surface area (Å²) in [6, 6.07) is 26.1. The Morgan fingerprint density at radius 2 is 1.32 bits per heavy atom. The number of ketones is 1. The number of carbonyl (C=O) groups is 3. The predicted octanol–water partition coefficient (Wildman–Crippen LogP) is 4.98. The van der Waals surface area contributed by atoms with Crippen LogP contribution < -0.4 is 5.32 Å². The molecule has 0 aromatic heterocycles. The summed E-state index contributed by atoms with van der Waals surface area (Å²) in [5, 5.41) is 2.70. The quantitative estimate of drug-likeness (QED) is 0.416. The highest BCUT2D eigenvalue weighted by Crippen LogP contribution is 2.28. The monoisotopic (exact) mass is 415 g/mol. The number of esters is 1. The molecule has 0 spiro atoms. The lowest BCUT2D eigenvalue weighted by Crippen LogP contribution is -2.30. The highest BCUT2D eigenvalue weighted by atomic mass is 16.5. The van der Waals surface area contributed by atoms with Gasteiger partial charge in [-0.05, 0) is 49.2 Å². The van der Waals surface area contributed by atoms with E-state index in [1.807, 2.05) is 60.7 Å². The van der Waals surface area contributed by atoms with E-state index >= 15 is 0 Å². The zero-order chi connectivity index (χ0) is 22.2. The van der Waals surface area contributed by atoms with E-state index < -0.39 is 18.0 Å². The van der Waals surface area contributed by atoms with E-state index in [1.54, 1.807) is 24.3 Å². The summed E-state index contributed by atoms with van der Waals surface area (Å²) < 4.78 is 5.41. The van der Waals surface area contributed by atoms with Gasteiger partial charge in [0.2, 0.25) is 0 Å². The molecule has 0 bridgehead atoms. The fourth-order valence-electron chi connectivity index (χ4n) is 3.30. The average Bonchev–Trinajstić information content (AvgIpc) is 2.79. The molecule has 158 valence electrons. The van der Waals surface area contributed by atoms with Gasteiger partial charge in [-0.15, -0.1) is 0 Å². The summed E-state index contributed by atoms with van der Waals surface area (Å²) in [5.41, 5.74) is 3.11. The van der Waals surface area contributed by atoms with Gasteiger partial charge in [0.05, 0.1) is 6.42 Å². The van der Waals surface area contributed by atoms with Gasteiger partial charge < -0.3 is 10.1 Å². The third-order valence-electron chi connectivity index (χ3n) is 5.01. The van der Waals surface area contributed by atoms with E-state index in [0.29, 0.717) is 11.3 Å². The molecule has 5 heteroatoms. The van der Waals surface area contributed by atoms with Crippen molar-refractivity contribution in [2.45, 2.75) is 32.3 Å². The predicted molar refractivity (Wildman–Crippen MR) is 120 cm³/mol. The van der Waals surface area contributed by atoms with Crippen LogP contribution in [0.15, 0.2) is 84.9 Å². The number of nitrogens with one attached hydrogen (secondary N) is 1. The molecule has 0 heterocycles. The summed E-state index contributed by atoms with van der Waals surface area (Å²) in [6.07, 6.45) is -0.828. The van der Waals surface area contributed by atoms with Crippen LogP contribution in [-0.4, -0.2) is 23.8 Å². The van der Waals surface area contributed by atoms with Gasteiger partial charge in [0, 0.05) is 17.2 Å². The second kappa shape index (κ2) is 10.3. The molecule has 0 aliphatic rings. The summed E-state index contributed by atoms with van der Waals surface area (Å²) in [4.78, 5) is 36.4. The molecule has 0 saturated carbocycles. The van der Waals surface area contributed by atoms with Crippen LogP contribution >= 0.6 is 0 Å². The summed E-state index contributed by atoms with van der Waals surface area (Å²) in [7, 11) is 0. The fourth-order valence-corrected chi connectivity index (χ4v) is 3.30. The minimum atomic E-state index is -0.952. The van der Waals surface area contributed by atoms with Crippen molar-refractivity contribution in [2.24, 2.45) is 0 Å². The second-order valence-electron chi connectivity index (χ2n) is 7.33. The maximum Gasteiger partial charge on any atom is 0.307 e. The first-order valence-corrected chi connectivity index (χ1v) is 10.2. The van der Waals surface area contributed by atoms with Crippen LogP contribution in [0, 0.1) is 0 Å². The third kappa shape index (κ3) is 6.12. The zero-order valence-corrected chi connectivity index (χ0v) is 17.6. The molecule has 3 aromatic rings. The molecule has 31 heavy (non-hydrogen) atoms. The number of Topliss-reactive ketones (excluding diaryl/α,β-unsaturated/α-hetero) is 1. The Hall–Kier alpha value is -3.73. The van der Waals surface area contributed by atoms with Gasteiger partial charge in [-0.2, -0.15) is 0 Å². The molecule has 0 unspecified atom stereocenters. The number of rotatable bonds is 8. The highest BCUT2D eigenvalue weighted by Gasteiger charge is 2.23. The molecule has 0 fully saturated rings.